The number of carbonyl (C=O) groups excluding carboxylic acids is 2. The fraction of sp³-hybridized carbons (Fsp3) is 0.381. The Balaban J connectivity index is 1.76. The Kier molecular flexibility index (Phi) is 6.89. The molecule has 3 rings (SSSR count). The first kappa shape index (κ1) is 22.0. The van der Waals surface area contributed by atoms with Gasteiger partial charge < -0.3 is 10.6 Å². The molecule has 1 aromatic carbocycles. The minimum Gasteiger partial charge on any atom is -0.354 e. The van der Waals surface area contributed by atoms with Crippen LogP contribution in [0, 0.1) is 5.82 Å². The van der Waals surface area contributed by atoms with Gasteiger partial charge in [0.15, 0.2) is 0 Å². The number of pyridine rings is 1. The zero-order chi connectivity index (χ0) is 21.8. The van der Waals surface area contributed by atoms with Gasteiger partial charge >= 0.3 is 6.03 Å². The summed E-state index contributed by atoms with van der Waals surface area (Å²) >= 11 is 5.84. The molecule has 0 aliphatic carbocycles. The number of hydrogen-bond donors (Lipinski definition) is 3. The van der Waals surface area contributed by atoms with E-state index < -0.39 is 11.8 Å². The Hall–Kier alpha value is -2.71. The lowest BCUT2D eigenvalue weighted by atomic mass is 9.99. The second kappa shape index (κ2) is 9.40. The van der Waals surface area contributed by atoms with Crippen molar-refractivity contribution in [1.29, 1.82) is 0 Å². The predicted molar refractivity (Wildman–Crippen MR) is 114 cm³/mol. The summed E-state index contributed by atoms with van der Waals surface area (Å²) in [5, 5.41) is 8.20. The van der Waals surface area contributed by atoms with Crippen LogP contribution >= 0.6 is 11.6 Å². The molecule has 0 bridgehead atoms. The topological polar surface area (TPSA) is 86.4 Å². The molecule has 0 saturated carbocycles. The van der Waals surface area contributed by atoms with Crippen molar-refractivity contribution in [2.45, 2.75) is 38.4 Å². The van der Waals surface area contributed by atoms with Gasteiger partial charge in [0.05, 0.1) is 17.1 Å². The van der Waals surface area contributed by atoms with E-state index in [-0.39, 0.29) is 40.6 Å². The van der Waals surface area contributed by atoms with Gasteiger partial charge in [-0.15, -0.1) is 0 Å². The van der Waals surface area contributed by atoms with Crippen LogP contribution in [-0.2, 0) is 0 Å². The van der Waals surface area contributed by atoms with Crippen molar-refractivity contribution in [3.05, 3.63) is 58.5 Å². The highest BCUT2D eigenvalue weighted by Crippen LogP contribution is 2.35. The number of aromatic nitrogens is 1. The molecule has 30 heavy (non-hydrogen) atoms. The summed E-state index contributed by atoms with van der Waals surface area (Å²) in [7, 11) is 1.51. The fourth-order valence-electron chi connectivity index (χ4n) is 3.75. The van der Waals surface area contributed by atoms with E-state index >= 15 is 0 Å². The van der Waals surface area contributed by atoms with E-state index in [1.807, 2.05) is 0 Å². The standard InChI is InChI=1S/C21H25ClFN5O2/c1-12(2)28-10-9-16(19(28)13-7-8-14(22)15(23)11-13)26-21(30)27-18-6-4-5-17(25-18)20(29)24-3/h4-8,11-12,16,19H,9-10H2,1-3H3,(H,24,29)(H2,25,26,27,30)/t16-,19-/m1/s1. The van der Waals surface area contributed by atoms with E-state index in [4.69, 9.17) is 11.6 Å². The normalized spacial score (nSPS) is 19.0. The van der Waals surface area contributed by atoms with E-state index in [1.54, 1.807) is 24.3 Å². The van der Waals surface area contributed by atoms with Crippen LogP contribution in [0.15, 0.2) is 36.4 Å². The van der Waals surface area contributed by atoms with Crippen molar-refractivity contribution < 1.29 is 14.0 Å². The molecular weight excluding hydrogens is 409 g/mol. The number of hydrogen-bond acceptors (Lipinski definition) is 4. The van der Waals surface area contributed by atoms with Crippen LogP contribution in [0.1, 0.15) is 42.4 Å². The van der Waals surface area contributed by atoms with Gasteiger partial charge in [-0.25, -0.2) is 14.2 Å². The zero-order valence-electron chi connectivity index (χ0n) is 17.1. The SMILES string of the molecule is CNC(=O)c1cccc(NC(=O)N[C@@H]2CCN(C(C)C)[C@@H]2c2ccc(Cl)c(F)c2)n1. The number of benzene rings is 1. The van der Waals surface area contributed by atoms with Crippen molar-refractivity contribution in [2.75, 3.05) is 18.9 Å². The first-order valence-corrected chi connectivity index (χ1v) is 10.1. The minimum atomic E-state index is -0.483. The van der Waals surface area contributed by atoms with Gasteiger partial charge in [0, 0.05) is 19.6 Å². The Labute approximate surface area is 180 Å². The maximum absolute atomic E-state index is 14.1. The fourth-order valence-corrected chi connectivity index (χ4v) is 3.86. The third-order valence-corrected chi connectivity index (χ3v) is 5.46. The molecule has 1 saturated heterocycles. The first-order valence-electron chi connectivity index (χ1n) is 9.77. The van der Waals surface area contributed by atoms with Crippen LogP contribution in [0.3, 0.4) is 0 Å². The van der Waals surface area contributed by atoms with Gasteiger partial charge in [-0.05, 0) is 50.1 Å². The predicted octanol–water partition coefficient (Wildman–Crippen LogP) is 3.58. The van der Waals surface area contributed by atoms with Crippen molar-refractivity contribution in [1.82, 2.24) is 20.5 Å². The van der Waals surface area contributed by atoms with Gasteiger partial charge in [-0.3, -0.25) is 15.0 Å². The van der Waals surface area contributed by atoms with Crippen LogP contribution in [0.25, 0.3) is 0 Å². The third kappa shape index (κ3) is 4.88. The maximum Gasteiger partial charge on any atom is 0.320 e. The van der Waals surface area contributed by atoms with E-state index in [0.717, 1.165) is 12.1 Å². The second-order valence-corrected chi connectivity index (χ2v) is 7.84. The monoisotopic (exact) mass is 433 g/mol. The van der Waals surface area contributed by atoms with E-state index in [1.165, 1.54) is 19.2 Å². The Morgan fingerprint density at radius 2 is 2.03 bits per heavy atom. The summed E-state index contributed by atoms with van der Waals surface area (Å²) in [6, 6.07) is 8.92. The molecule has 2 aromatic rings. The molecule has 1 aromatic heterocycles. The van der Waals surface area contributed by atoms with Crippen molar-refractivity contribution in [3.63, 3.8) is 0 Å². The zero-order valence-corrected chi connectivity index (χ0v) is 17.8. The molecular formula is C21H25ClFN5O2. The number of carbonyl (C=O) groups is 2. The largest absolute Gasteiger partial charge is 0.354 e. The van der Waals surface area contributed by atoms with Gasteiger partial charge in [-0.1, -0.05) is 23.7 Å². The summed E-state index contributed by atoms with van der Waals surface area (Å²) in [6.07, 6.45) is 0.715. The quantitative estimate of drug-likeness (QED) is 0.672. The number of nitrogens with one attached hydrogen (secondary N) is 3. The van der Waals surface area contributed by atoms with Gasteiger partial charge in [0.25, 0.3) is 5.91 Å². The summed E-state index contributed by atoms with van der Waals surface area (Å²) in [5.41, 5.74) is 0.963. The molecule has 160 valence electrons. The van der Waals surface area contributed by atoms with Gasteiger partial charge in [-0.2, -0.15) is 0 Å². The Morgan fingerprint density at radius 1 is 1.27 bits per heavy atom. The minimum absolute atomic E-state index is 0.0668. The van der Waals surface area contributed by atoms with Crippen LogP contribution in [0.5, 0.6) is 0 Å². The number of rotatable bonds is 5. The molecule has 3 N–H and O–H groups in total. The molecule has 1 fully saturated rings. The Bertz CT molecular complexity index is 939. The lowest BCUT2D eigenvalue weighted by Gasteiger charge is -2.32. The molecule has 0 unspecified atom stereocenters. The van der Waals surface area contributed by atoms with Gasteiger partial charge in [0.2, 0.25) is 0 Å². The Morgan fingerprint density at radius 3 is 2.70 bits per heavy atom. The summed E-state index contributed by atoms with van der Waals surface area (Å²) in [4.78, 5) is 30.7. The highest BCUT2D eigenvalue weighted by atomic mass is 35.5. The molecule has 3 amide bonds. The van der Waals surface area contributed by atoms with Crippen LogP contribution in [0.4, 0.5) is 15.0 Å². The molecule has 9 heteroatoms. The smallest absolute Gasteiger partial charge is 0.320 e. The number of anilines is 1. The van der Waals surface area contributed by atoms with Crippen molar-refractivity contribution in [3.8, 4) is 0 Å². The lowest BCUT2D eigenvalue weighted by Crippen LogP contribution is -2.43. The van der Waals surface area contributed by atoms with Gasteiger partial charge in [0.1, 0.15) is 17.3 Å². The number of amides is 3. The van der Waals surface area contributed by atoms with E-state index in [0.29, 0.717) is 6.42 Å². The number of urea groups is 1. The summed E-state index contributed by atoms with van der Waals surface area (Å²) in [6.45, 7) is 4.90. The van der Waals surface area contributed by atoms with Crippen LogP contribution < -0.4 is 16.0 Å². The highest BCUT2D eigenvalue weighted by Gasteiger charge is 2.37. The van der Waals surface area contributed by atoms with Crippen molar-refractivity contribution in [2.24, 2.45) is 0 Å². The average molecular weight is 434 g/mol. The van der Waals surface area contributed by atoms with Crippen molar-refractivity contribution >= 4 is 29.4 Å². The van der Waals surface area contributed by atoms with E-state index in [2.05, 4.69) is 39.7 Å². The molecule has 1 aliphatic heterocycles. The molecule has 1 aliphatic rings. The number of likely N-dealkylation sites (tertiary alicyclic amines) is 1. The number of nitrogens with zero attached hydrogens (tertiary/aromatic N) is 2. The molecule has 0 spiro atoms. The molecule has 7 nitrogen and oxygen atoms in total. The summed E-state index contributed by atoms with van der Waals surface area (Å²) in [5.74, 6) is -0.558. The average Bonchev–Trinajstić information content (AvgIpc) is 3.13. The molecule has 2 atom stereocenters. The van der Waals surface area contributed by atoms with Crippen LogP contribution in [-0.4, -0.2) is 47.5 Å². The lowest BCUT2D eigenvalue weighted by molar-refractivity contribution is 0.0958. The molecule has 2 heterocycles. The van der Waals surface area contributed by atoms with Crippen LogP contribution in [0.2, 0.25) is 5.02 Å². The highest BCUT2D eigenvalue weighted by molar-refractivity contribution is 6.30. The first-order chi connectivity index (χ1) is 14.3. The van der Waals surface area contributed by atoms with E-state index in [9.17, 15) is 14.0 Å². The maximum atomic E-state index is 14.1. The summed E-state index contributed by atoms with van der Waals surface area (Å²) < 4.78 is 14.1. The third-order valence-electron chi connectivity index (χ3n) is 5.15. The second-order valence-electron chi connectivity index (χ2n) is 7.43. The number of halogens is 2. The molecule has 0 radical (unpaired) electrons.